The summed E-state index contributed by atoms with van der Waals surface area (Å²) in [6.45, 7) is 1.37. The fraction of sp³-hybridized carbons (Fsp3) is 0.167. The first-order chi connectivity index (χ1) is 5.11. The van der Waals surface area contributed by atoms with Crippen LogP contribution >= 0.6 is 0 Å². The van der Waals surface area contributed by atoms with Gasteiger partial charge in [-0.15, -0.1) is 0 Å². The van der Waals surface area contributed by atoms with E-state index in [9.17, 15) is 4.79 Å². The summed E-state index contributed by atoms with van der Waals surface area (Å²) in [6, 6.07) is 1.30. The van der Waals surface area contributed by atoms with E-state index < -0.39 is 7.12 Å². The van der Waals surface area contributed by atoms with E-state index in [0.29, 0.717) is 5.56 Å². The van der Waals surface area contributed by atoms with Gasteiger partial charge in [-0.2, -0.15) is 0 Å². The van der Waals surface area contributed by atoms with Gasteiger partial charge in [0.15, 0.2) is 5.78 Å². The molecule has 0 aliphatic rings. The lowest BCUT2D eigenvalue weighted by Crippen LogP contribution is -2.28. The smallest absolute Gasteiger partial charge is 0.472 e. The van der Waals surface area contributed by atoms with Crippen molar-refractivity contribution in [3.63, 3.8) is 0 Å². The highest BCUT2D eigenvalue weighted by Crippen LogP contribution is 1.98. The number of ketones is 1. The summed E-state index contributed by atoms with van der Waals surface area (Å²) in [5.41, 5.74) is 0.323. The van der Waals surface area contributed by atoms with Crippen LogP contribution in [0.5, 0.6) is 0 Å². The SMILES string of the molecule is CC(=O)c1coc(B(O)O)c1. The normalized spacial score (nSPS) is 9.73. The molecule has 0 amide bonds. The molecule has 0 spiro atoms. The van der Waals surface area contributed by atoms with E-state index in [1.807, 2.05) is 0 Å². The molecule has 11 heavy (non-hydrogen) atoms. The van der Waals surface area contributed by atoms with Gasteiger partial charge in [0.1, 0.15) is 11.9 Å². The molecule has 0 atom stereocenters. The molecule has 1 heterocycles. The Balaban J connectivity index is 2.90. The Bertz CT molecular complexity index is 265. The quantitative estimate of drug-likeness (QED) is 0.430. The minimum atomic E-state index is -1.65. The molecule has 0 saturated carbocycles. The molecule has 0 unspecified atom stereocenters. The Morgan fingerprint density at radius 2 is 2.27 bits per heavy atom. The highest BCUT2D eigenvalue weighted by atomic mass is 16.4. The fourth-order valence-corrected chi connectivity index (χ4v) is 0.673. The highest BCUT2D eigenvalue weighted by Gasteiger charge is 2.16. The monoisotopic (exact) mass is 154 g/mol. The summed E-state index contributed by atoms with van der Waals surface area (Å²) < 4.78 is 4.67. The molecular weight excluding hydrogens is 147 g/mol. The lowest BCUT2D eigenvalue weighted by molar-refractivity contribution is 0.101. The van der Waals surface area contributed by atoms with Crippen LogP contribution in [0.25, 0.3) is 0 Å². The third-order valence-corrected chi connectivity index (χ3v) is 1.28. The van der Waals surface area contributed by atoms with Crippen molar-refractivity contribution in [2.45, 2.75) is 6.92 Å². The zero-order chi connectivity index (χ0) is 8.43. The zero-order valence-electron chi connectivity index (χ0n) is 5.94. The molecular formula is C6H7BO4. The van der Waals surface area contributed by atoms with Crippen molar-refractivity contribution in [1.29, 1.82) is 0 Å². The van der Waals surface area contributed by atoms with Crippen molar-refractivity contribution in [2.24, 2.45) is 0 Å². The summed E-state index contributed by atoms with van der Waals surface area (Å²) in [4.78, 5) is 10.7. The van der Waals surface area contributed by atoms with Crippen LogP contribution in [-0.2, 0) is 0 Å². The Labute approximate surface area is 63.6 Å². The van der Waals surface area contributed by atoms with Crippen molar-refractivity contribution in [2.75, 3.05) is 0 Å². The number of rotatable bonds is 2. The zero-order valence-corrected chi connectivity index (χ0v) is 5.94. The average Bonchev–Trinajstić information content (AvgIpc) is 2.33. The maximum absolute atomic E-state index is 10.7. The van der Waals surface area contributed by atoms with E-state index in [1.54, 1.807) is 0 Å². The summed E-state index contributed by atoms with van der Waals surface area (Å²) in [5.74, 6) is -0.166. The molecule has 0 aromatic carbocycles. The minimum absolute atomic E-state index is 0.0183. The van der Waals surface area contributed by atoms with E-state index in [0.717, 1.165) is 0 Å². The van der Waals surface area contributed by atoms with Crippen LogP contribution in [0, 0.1) is 0 Å². The molecule has 0 aliphatic carbocycles. The summed E-state index contributed by atoms with van der Waals surface area (Å²) in [5, 5.41) is 17.1. The van der Waals surface area contributed by atoms with Crippen LogP contribution < -0.4 is 5.66 Å². The molecule has 0 saturated heterocycles. The molecule has 58 valence electrons. The third-order valence-electron chi connectivity index (χ3n) is 1.28. The number of hydrogen-bond donors (Lipinski definition) is 2. The summed E-state index contributed by atoms with van der Waals surface area (Å²) in [6.07, 6.45) is 1.19. The molecule has 0 fully saturated rings. The predicted molar refractivity (Wildman–Crippen MR) is 38.5 cm³/mol. The van der Waals surface area contributed by atoms with Crippen LogP contribution in [-0.4, -0.2) is 22.9 Å². The van der Waals surface area contributed by atoms with Gasteiger partial charge in [0, 0.05) is 0 Å². The van der Waals surface area contributed by atoms with E-state index in [4.69, 9.17) is 10.0 Å². The van der Waals surface area contributed by atoms with Crippen molar-refractivity contribution < 1.29 is 19.3 Å². The molecule has 2 N–H and O–H groups in total. The van der Waals surface area contributed by atoms with E-state index >= 15 is 0 Å². The molecule has 0 radical (unpaired) electrons. The predicted octanol–water partition coefficient (Wildman–Crippen LogP) is -0.838. The Morgan fingerprint density at radius 1 is 1.64 bits per heavy atom. The highest BCUT2D eigenvalue weighted by molar-refractivity contribution is 6.57. The standard InChI is InChI=1S/C6H7BO4/c1-4(8)5-2-6(7(9)10)11-3-5/h2-3,9-10H,1H3. The first-order valence-corrected chi connectivity index (χ1v) is 3.07. The molecule has 5 heteroatoms. The second-order valence-electron chi connectivity index (χ2n) is 2.17. The van der Waals surface area contributed by atoms with Gasteiger partial charge in [-0.3, -0.25) is 4.79 Å². The number of carbonyl (C=O) groups excluding carboxylic acids is 1. The minimum Gasteiger partial charge on any atom is -0.472 e. The molecule has 1 rings (SSSR count). The van der Waals surface area contributed by atoms with Gasteiger partial charge in [0.2, 0.25) is 0 Å². The van der Waals surface area contributed by atoms with E-state index in [1.165, 1.54) is 19.3 Å². The number of carbonyl (C=O) groups is 1. The number of Topliss-reactive ketones (excluding diaryl/α,β-unsaturated/α-hetero) is 1. The van der Waals surface area contributed by atoms with Gasteiger partial charge in [0.05, 0.1) is 5.56 Å². The van der Waals surface area contributed by atoms with Gasteiger partial charge in [-0.25, -0.2) is 0 Å². The Kier molecular flexibility index (Phi) is 2.12. The van der Waals surface area contributed by atoms with Gasteiger partial charge in [-0.05, 0) is 13.0 Å². The third kappa shape index (κ3) is 1.69. The fourth-order valence-electron chi connectivity index (χ4n) is 0.673. The van der Waals surface area contributed by atoms with Crippen LogP contribution in [0.15, 0.2) is 16.7 Å². The second kappa shape index (κ2) is 2.90. The van der Waals surface area contributed by atoms with Gasteiger partial charge in [0.25, 0.3) is 0 Å². The molecule has 0 aliphatic heterocycles. The lowest BCUT2D eigenvalue weighted by atomic mass is 9.87. The molecule has 0 bridgehead atoms. The van der Waals surface area contributed by atoms with Gasteiger partial charge in [-0.1, -0.05) is 0 Å². The van der Waals surface area contributed by atoms with E-state index in [2.05, 4.69) is 4.42 Å². The lowest BCUT2D eigenvalue weighted by Gasteiger charge is -1.87. The van der Waals surface area contributed by atoms with Crippen molar-refractivity contribution in [3.8, 4) is 0 Å². The van der Waals surface area contributed by atoms with Crippen molar-refractivity contribution >= 4 is 18.6 Å². The average molecular weight is 154 g/mol. The van der Waals surface area contributed by atoms with Crippen molar-refractivity contribution in [1.82, 2.24) is 0 Å². The first kappa shape index (κ1) is 8.04. The maximum Gasteiger partial charge on any atom is 0.526 e. The number of hydrogen-bond acceptors (Lipinski definition) is 4. The number of furan rings is 1. The second-order valence-corrected chi connectivity index (χ2v) is 2.17. The van der Waals surface area contributed by atoms with Crippen LogP contribution in [0.4, 0.5) is 0 Å². The Morgan fingerprint density at radius 3 is 2.55 bits per heavy atom. The van der Waals surface area contributed by atoms with Crippen LogP contribution in [0.2, 0.25) is 0 Å². The first-order valence-electron chi connectivity index (χ1n) is 3.07. The molecule has 4 nitrogen and oxygen atoms in total. The van der Waals surface area contributed by atoms with Crippen LogP contribution in [0.1, 0.15) is 17.3 Å². The van der Waals surface area contributed by atoms with Crippen molar-refractivity contribution in [3.05, 3.63) is 17.9 Å². The Hall–Kier alpha value is -1.07. The van der Waals surface area contributed by atoms with Crippen LogP contribution in [0.3, 0.4) is 0 Å². The summed E-state index contributed by atoms with van der Waals surface area (Å²) >= 11 is 0. The molecule has 1 aromatic rings. The molecule has 1 aromatic heterocycles. The topological polar surface area (TPSA) is 70.7 Å². The van der Waals surface area contributed by atoms with Gasteiger partial charge >= 0.3 is 7.12 Å². The summed E-state index contributed by atoms with van der Waals surface area (Å²) in [7, 11) is -1.65. The maximum atomic E-state index is 10.7. The van der Waals surface area contributed by atoms with Gasteiger partial charge < -0.3 is 14.5 Å². The van der Waals surface area contributed by atoms with E-state index in [-0.39, 0.29) is 11.4 Å². The largest absolute Gasteiger partial charge is 0.526 e.